The first kappa shape index (κ1) is 9.23. The van der Waals surface area contributed by atoms with Crippen molar-refractivity contribution in [3.8, 4) is 0 Å². The molecule has 3 nitrogen and oxygen atoms in total. The van der Waals surface area contributed by atoms with Crippen molar-refractivity contribution in [1.82, 2.24) is 5.32 Å². The van der Waals surface area contributed by atoms with Crippen LogP contribution >= 0.6 is 11.8 Å². The second-order valence-electron chi connectivity index (χ2n) is 1.54. The largest absolute Gasteiger partial charge is 0.286 e. The third-order valence-electron chi connectivity index (χ3n) is 0.878. The van der Waals surface area contributed by atoms with Crippen molar-refractivity contribution in [2.75, 3.05) is 0 Å². The summed E-state index contributed by atoms with van der Waals surface area (Å²) in [5, 5.41) is 1.73. The number of hydrogen-bond donors (Lipinski definition) is 1. The summed E-state index contributed by atoms with van der Waals surface area (Å²) in [4.78, 5) is 20.7. The summed E-state index contributed by atoms with van der Waals surface area (Å²) < 4.78 is 0. The number of carbonyl (C=O) groups is 2. The number of thioether (sulfide) groups is 1. The number of imide groups is 1. The molecule has 1 rings (SSSR count). The highest BCUT2D eigenvalue weighted by molar-refractivity contribution is 8.15. The zero-order valence-electron chi connectivity index (χ0n) is 5.72. The van der Waals surface area contributed by atoms with Crippen LogP contribution in [0.15, 0.2) is 13.2 Å². The summed E-state index contributed by atoms with van der Waals surface area (Å²) in [6.45, 7) is 7.70. The minimum atomic E-state index is -0.234. The normalized spacial score (nSPS) is 23.1. The molecule has 1 N–H and O–H groups in total. The van der Waals surface area contributed by atoms with Crippen LogP contribution in [0.5, 0.6) is 0 Å². The molecule has 1 heterocycles. The molecular formula is C6H9NO2S. The molecule has 0 radical (unpaired) electrons. The van der Waals surface area contributed by atoms with E-state index in [1.807, 2.05) is 0 Å². The van der Waals surface area contributed by atoms with Crippen molar-refractivity contribution in [2.24, 2.45) is 0 Å². The Morgan fingerprint density at radius 2 is 2.00 bits per heavy atom. The maximum absolute atomic E-state index is 10.4. The monoisotopic (exact) mass is 159 g/mol. The molecule has 1 atom stereocenters. The Balaban J connectivity index is 0.000000371. The van der Waals surface area contributed by atoms with E-state index in [1.54, 1.807) is 6.92 Å². The summed E-state index contributed by atoms with van der Waals surface area (Å²) >= 11 is 1.03. The Kier molecular flexibility index (Phi) is 3.79. The standard InChI is InChI=1S/C4H5NO2S.C2H4/c1-2-3(6)5-4(7)8-2;1-2/h2H,1H3,(H,5,6,7);1-2H2. The van der Waals surface area contributed by atoms with Gasteiger partial charge in [0.2, 0.25) is 5.91 Å². The Hall–Kier alpha value is -0.770. The molecule has 10 heavy (non-hydrogen) atoms. The van der Waals surface area contributed by atoms with Crippen molar-refractivity contribution in [2.45, 2.75) is 12.2 Å². The average molecular weight is 159 g/mol. The van der Waals surface area contributed by atoms with Crippen LogP contribution < -0.4 is 5.32 Å². The second-order valence-corrected chi connectivity index (χ2v) is 2.85. The van der Waals surface area contributed by atoms with Gasteiger partial charge in [0.25, 0.3) is 5.24 Å². The van der Waals surface area contributed by atoms with Gasteiger partial charge in [-0.15, -0.1) is 13.2 Å². The maximum Gasteiger partial charge on any atom is 0.286 e. The summed E-state index contributed by atoms with van der Waals surface area (Å²) in [5.41, 5.74) is 0. The molecule has 1 aliphatic heterocycles. The molecule has 1 saturated heterocycles. The first-order valence-electron chi connectivity index (χ1n) is 2.71. The molecule has 1 aliphatic rings. The van der Waals surface area contributed by atoms with Crippen molar-refractivity contribution in [3.05, 3.63) is 13.2 Å². The molecule has 1 fully saturated rings. The van der Waals surface area contributed by atoms with Crippen molar-refractivity contribution < 1.29 is 9.59 Å². The number of amides is 2. The van der Waals surface area contributed by atoms with Crippen molar-refractivity contribution >= 4 is 22.9 Å². The Morgan fingerprint density at radius 3 is 2.10 bits per heavy atom. The lowest BCUT2D eigenvalue weighted by Crippen LogP contribution is -2.22. The van der Waals surface area contributed by atoms with Gasteiger partial charge >= 0.3 is 0 Å². The van der Waals surface area contributed by atoms with Crippen LogP contribution in [0.2, 0.25) is 0 Å². The Bertz CT molecular complexity index is 158. The fraction of sp³-hybridized carbons (Fsp3) is 0.333. The van der Waals surface area contributed by atoms with Gasteiger partial charge in [0.1, 0.15) is 0 Å². The lowest BCUT2D eigenvalue weighted by atomic mass is 10.5. The predicted molar refractivity (Wildman–Crippen MR) is 41.8 cm³/mol. The van der Waals surface area contributed by atoms with E-state index < -0.39 is 0 Å². The molecule has 0 spiro atoms. The van der Waals surface area contributed by atoms with Gasteiger partial charge in [-0.3, -0.25) is 14.9 Å². The van der Waals surface area contributed by atoms with Gasteiger partial charge in [-0.2, -0.15) is 0 Å². The zero-order valence-corrected chi connectivity index (χ0v) is 6.53. The third-order valence-corrected chi connectivity index (χ3v) is 1.76. The van der Waals surface area contributed by atoms with Gasteiger partial charge in [-0.05, 0) is 6.92 Å². The fourth-order valence-corrected chi connectivity index (χ4v) is 1.09. The number of rotatable bonds is 0. The summed E-state index contributed by atoms with van der Waals surface area (Å²) in [6.07, 6.45) is 0. The summed E-state index contributed by atoms with van der Waals surface area (Å²) in [5.74, 6) is -0.181. The average Bonchev–Trinajstić information content (AvgIpc) is 2.16. The van der Waals surface area contributed by atoms with Gasteiger partial charge < -0.3 is 0 Å². The van der Waals surface area contributed by atoms with Gasteiger partial charge in [0.15, 0.2) is 0 Å². The highest BCUT2D eigenvalue weighted by atomic mass is 32.2. The Morgan fingerprint density at radius 1 is 1.50 bits per heavy atom. The smallest absolute Gasteiger partial charge is 0.286 e. The van der Waals surface area contributed by atoms with E-state index in [4.69, 9.17) is 0 Å². The second kappa shape index (κ2) is 4.11. The molecule has 0 aromatic rings. The molecule has 0 aliphatic carbocycles. The molecule has 2 amide bonds. The van der Waals surface area contributed by atoms with Gasteiger partial charge in [0, 0.05) is 0 Å². The van der Waals surface area contributed by atoms with E-state index in [1.165, 1.54) is 0 Å². The fourth-order valence-electron chi connectivity index (χ4n) is 0.446. The molecular weight excluding hydrogens is 150 g/mol. The van der Waals surface area contributed by atoms with E-state index >= 15 is 0 Å². The van der Waals surface area contributed by atoms with E-state index in [-0.39, 0.29) is 16.4 Å². The lowest BCUT2D eigenvalue weighted by molar-refractivity contribution is -0.118. The van der Waals surface area contributed by atoms with E-state index in [0.29, 0.717) is 0 Å². The van der Waals surface area contributed by atoms with Crippen molar-refractivity contribution in [1.29, 1.82) is 0 Å². The van der Waals surface area contributed by atoms with Crippen LogP contribution in [0.25, 0.3) is 0 Å². The molecule has 0 saturated carbocycles. The number of hydrogen-bond acceptors (Lipinski definition) is 3. The van der Waals surface area contributed by atoms with Gasteiger partial charge in [-0.25, -0.2) is 0 Å². The first-order chi connectivity index (χ1) is 4.70. The lowest BCUT2D eigenvalue weighted by Gasteiger charge is -1.87. The van der Waals surface area contributed by atoms with Gasteiger partial charge in [0.05, 0.1) is 5.25 Å². The Labute approximate surface area is 63.9 Å². The van der Waals surface area contributed by atoms with E-state index in [9.17, 15) is 9.59 Å². The van der Waals surface area contributed by atoms with Crippen LogP contribution in [0.4, 0.5) is 4.79 Å². The zero-order chi connectivity index (χ0) is 8.15. The van der Waals surface area contributed by atoms with Crippen molar-refractivity contribution in [3.63, 3.8) is 0 Å². The number of nitrogens with one attached hydrogen (secondary N) is 1. The number of carbonyl (C=O) groups excluding carboxylic acids is 2. The SMILES string of the molecule is C=C.CC1SC(=O)NC1=O. The molecule has 0 bridgehead atoms. The van der Waals surface area contributed by atoms with Gasteiger partial charge in [-0.1, -0.05) is 11.8 Å². The topological polar surface area (TPSA) is 46.2 Å². The molecule has 0 aromatic carbocycles. The van der Waals surface area contributed by atoms with Crippen LogP contribution in [0.1, 0.15) is 6.92 Å². The highest BCUT2D eigenvalue weighted by Crippen LogP contribution is 2.16. The molecule has 1 unspecified atom stereocenters. The van der Waals surface area contributed by atoms with E-state index in [2.05, 4.69) is 18.5 Å². The predicted octanol–water partition coefficient (Wildman–Crippen LogP) is 1.16. The van der Waals surface area contributed by atoms with Crippen LogP contribution in [-0.2, 0) is 4.79 Å². The van der Waals surface area contributed by atoms with Crippen LogP contribution in [0, 0.1) is 0 Å². The molecule has 56 valence electrons. The minimum absolute atomic E-state index is 0.181. The highest BCUT2D eigenvalue weighted by Gasteiger charge is 2.26. The van der Waals surface area contributed by atoms with Crippen LogP contribution in [0.3, 0.4) is 0 Å². The quantitative estimate of drug-likeness (QED) is 0.539. The maximum atomic E-state index is 10.4. The minimum Gasteiger partial charge on any atom is -0.286 e. The first-order valence-corrected chi connectivity index (χ1v) is 3.59. The molecule has 4 heteroatoms. The van der Waals surface area contributed by atoms with E-state index in [0.717, 1.165) is 11.8 Å². The summed E-state index contributed by atoms with van der Waals surface area (Å²) in [7, 11) is 0. The molecule has 0 aromatic heterocycles. The summed E-state index contributed by atoms with van der Waals surface area (Å²) in [6, 6.07) is 0. The third kappa shape index (κ3) is 2.23. The van der Waals surface area contributed by atoms with Crippen LogP contribution in [-0.4, -0.2) is 16.4 Å².